The van der Waals surface area contributed by atoms with Gasteiger partial charge in [-0.05, 0) is 58.9 Å². The van der Waals surface area contributed by atoms with Gasteiger partial charge in [0.1, 0.15) is 5.82 Å². The minimum absolute atomic E-state index is 0.139. The summed E-state index contributed by atoms with van der Waals surface area (Å²) in [6, 6.07) is 3.62. The second-order valence-electron chi connectivity index (χ2n) is 4.73. The fourth-order valence-corrected chi connectivity index (χ4v) is 2.36. The first-order valence-corrected chi connectivity index (χ1v) is 7.50. The van der Waals surface area contributed by atoms with Gasteiger partial charge >= 0.3 is 0 Å². The largest absolute Gasteiger partial charge is 0.316 e. The van der Waals surface area contributed by atoms with Crippen molar-refractivity contribution in [2.24, 2.45) is 5.92 Å². The fourth-order valence-electron chi connectivity index (χ4n) is 1.88. The molecule has 0 aliphatic heterocycles. The van der Waals surface area contributed by atoms with E-state index in [4.69, 9.17) is 11.6 Å². The van der Waals surface area contributed by atoms with Gasteiger partial charge in [-0.25, -0.2) is 4.39 Å². The first-order chi connectivity index (χ1) is 8.49. The summed E-state index contributed by atoms with van der Waals surface area (Å²) in [6.07, 6.45) is 1.11. The monoisotopic (exact) mass is 335 g/mol. The Labute approximate surface area is 122 Å². The lowest BCUT2D eigenvalue weighted by molar-refractivity contribution is 0.435. The fraction of sp³-hybridized carbons (Fsp3) is 0.571. The van der Waals surface area contributed by atoms with Crippen molar-refractivity contribution in [1.82, 2.24) is 5.32 Å². The van der Waals surface area contributed by atoms with Crippen LogP contribution in [0.4, 0.5) is 4.39 Å². The van der Waals surface area contributed by atoms with Crippen LogP contribution >= 0.6 is 27.5 Å². The van der Waals surface area contributed by atoms with E-state index in [0.717, 1.165) is 19.5 Å². The maximum absolute atomic E-state index is 14.1. The average molecular weight is 337 g/mol. The Bertz CT molecular complexity index is 398. The maximum Gasteiger partial charge on any atom is 0.146 e. The van der Waals surface area contributed by atoms with Crippen LogP contribution in [0.3, 0.4) is 0 Å². The third kappa shape index (κ3) is 3.94. The molecule has 4 heteroatoms. The van der Waals surface area contributed by atoms with Crippen LogP contribution in [0.5, 0.6) is 0 Å². The Morgan fingerprint density at radius 2 is 2.06 bits per heavy atom. The van der Waals surface area contributed by atoms with E-state index >= 15 is 0 Å². The molecule has 0 saturated heterocycles. The first kappa shape index (κ1) is 15.9. The number of hydrogen-bond acceptors (Lipinski definition) is 1. The van der Waals surface area contributed by atoms with Gasteiger partial charge in [0.15, 0.2) is 0 Å². The van der Waals surface area contributed by atoms with E-state index in [2.05, 4.69) is 35.1 Å². The zero-order valence-electron chi connectivity index (χ0n) is 11.1. The second kappa shape index (κ2) is 7.46. The second-order valence-corrected chi connectivity index (χ2v) is 5.97. The summed E-state index contributed by atoms with van der Waals surface area (Å²) in [7, 11) is 0. The van der Waals surface area contributed by atoms with Gasteiger partial charge in [0.25, 0.3) is 0 Å². The Morgan fingerprint density at radius 1 is 1.39 bits per heavy atom. The number of hydrogen-bond donors (Lipinski definition) is 1. The quantitative estimate of drug-likeness (QED) is 0.570. The molecule has 0 aromatic heterocycles. The predicted molar refractivity (Wildman–Crippen MR) is 79.8 cm³/mol. The van der Waals surface area contributed by atoms with E-state index in [1.165, 1.54) is 0 Å². The van der Waals surface area contributed by atoms with E-state index < -0.39 is 0 Å². The highest BCUT2D eigenvalue weighted by molar-refractivity contribution is 9.10. The molecule has 2 unspecified atom stereocenters. The highest BCUT2D eigenvalue weighted by atomic mass is 79.9. The molecule has 1 aromatic carbocycles. The van der Waals surface area contributed by atoms with Gasteiger partial charge < -0.3 is 5.32 Å². The van der Waals surface area contributed by atoms with Crippen LogP contribution in [-0.4, -0.2) is 13.1 Å². The molecule has 0 radical (unpaired) electrons. The van der Waals surface area contributed by atoms with Crippen LogP contribution in [0, 0.1) is 11.7 Å². The Hall–Kier alpha value is -0.120. The molecular formula is C14H20BrClFN. The van der Waals surface area contributed by atoms with Crippen molar-refractivity contribution >= 4 is 27.5 Å². The zero-order chi connectivity index (χ0) is 13.7. The lowest BCUT2D eigenvalue weighted by atomic mass is 9.88. The number of rotatable bonds is 6. The van der Waals surface area contributed by atoms with Crippen LogP contribution in [0.1, 0.15) is 38.7 Å². The van der Waals surface area contributed by atoms with Crippen LogP contribution in [-0.2, 0) is 0 Å². The molecule has 0 fully saturated rings. The smallest absolute Gasteiger partial charge is 0.146 e. The maximum atomic E-state index is 14.1. The predicted octanol–water partition coefficient (Wildman–Crippen LogP) is 4.98. The van der Waals surface area contributed by atoms with Gasteiger partial charge in [-0.3, -0.25) is 0 Å². The molecule has 102 valence electrons. The van der Waals surface area contributed by atoms with E-state index in [9.17, 15) is 4.39 Å². The molecule has 1 nitrogen and oxygen atoms in total. The molecule has 0 amide bonds. The summed E-state index contributed by atoms with van der Waals surface area (Å²) in [4.78, 5) is 0. The summed E-state index contributed by atoms with van der Waals surface area (Å²) >= 11 is 9.15. The zero-order valence-corrected chi connectivity index (χ0v) is 13.4. The third-order valence-electron chi connectivity index (χ3n) is 3.30. The minimum Gasteiger partial charge on any atom is -0.316 e. The number of halogens is 3. The molecule has 0 spiro atoms. The van der Waals surface area contributed by atoms with Gasteiger partial charge in [-0.15, -0.1) is 0 Å². The van der Waals surface area contributed by atoms with E-state index in [1.807, 2.05) is 19.1 Å². The lowest BCUT2D eigenvalue weighted by Gasteiger charge is -2.22. The number of benzene rings is 1. The van der Waals surface area contributed by atoms with Crippen molar-refractivity contribution in [3.63, 3.8) is 0 Å². The summed E-state index contributed by atoms with van der Waals surface area (Å²) < 4.78 is 14.7. The molecular weight excluding hydrogens is 317 g/mol. The lowest BCUT2D eigenvalue weighted by Crippen LogP contribution is -2.25. The van der Waals surface area contributed by atoms with Gasteiger partial charge in [-0.1, -0.05) is 38.4 Å². The summed E-state index contributed by atoms with van der Waals surface area (Å²) in [5.41, 5.74) is 0.689. The topological polar surface area (TPSA) is 12.0 Å². The standard InChI is InChI=1S/C14H20BrClFN/c1-4-7-18-8-9(2)10(3)11-5-6-12(15)13(16)14(11)17/h5-6,9-10,18H,4,7-8H2,1-3H3. The van der Waals surface area contributed by atoms with Gasteiger partial charge in [-0.2, -0.15) is 0 Å². The molecule has 0 aliphatic rings. The van der Waals surface area contributed by atoms with Crippen molar-refractivity contribution in [3.05, 3.63) is 33.0 Å². The minimum atomic E-state index is -0.305. The van der Waals surface area contributed by atoms with Crippen molar-refractivity contribution in [3.8, 4) is 0 Å². The Kier molecular flexibility index (Phi) is 6.61. The van der Waals surface area contributed by atoms with Crippen molar-refractivity contribution in [2.75, 3.05) is 13.1 Å². The molecule has 0 aliphatic carbocycles. The first-order valence-electron chi connectivity index (χ1n) is 6.33. The summed E-state index contributed by atoms with van der Waals surface area (Å²) in [5, 5.41) is 3.54. The number of nitrogens with one attached hydrogen (secondary N) is 1. The van der Waals surface area contributed by atoms with E-state index in [-0.39, 0.29) is 16.8 Å². The normalized spacial score (nSPS) is 14.6. The molecule has 1 rings (SSSR count). The van der Waals surface area contributed by atoms with E-state index in [0.29, 0.717) is 16.0 Å². The molecule has 0 heterocycles. The Morgan fingerprint density at radius 3 is 2.67 bits per heavy atom. The SMILES string of the molecule is CCCNCC(C)C(C)c1ccc(Br)c(Cl)c1F. The van der Waals surface area contributed by atoms with Crippen molar-refractivity contribution in [1.29, 1.82) is 0 Å². The van der Waals surface area contributed by atoms with Crippen LogP contribution < -0.4 is 5.32 Å². The molecule has 18 heavy (non-hydrogen) atoms. The average Bonchev–Trinajstić information content (AvgIpc) is 2.35. The van der Waals surface area contributed by atoms with Gasteiger partial charge in [0.2, 0.25) is 0 Å². The van der Waals surface area contributed by atoms with Crippen LogP contribution in [0.25, 0.3) is 0 Å². The van der Waals surface area contributed by atoms with Crippen molar-refractivity contribution < 1.29 is 4.39 Å². The van der Waals surface area contributed by atoms with Crippen LogP contribution in [0.15, 0.2) is 16.6 Å². The molecule has 1 N–H and O–H groups in total. The Balaban J connectivity index is 2.77. The third-order valence-corrected chi connectivity index (χ3v) is 4.56. The van der Waals surface area contributed by atoms with Crippen LogP contribution in [0.2, 0.25) is 5.02 Å². The molecule has 2 atom stereocenters. The highest BCUT2D eigenvalue weighted by Gasteiger charge is 2.20. The summed E-state index contributed by atoms with van der Waals surface area (Å²) in [5.74, 6) is 0.198. The highest BCUT2D eigenvalue weighted by Crippen LogP contribution is 2.33. The molecule has 1 aromatic rings. The van der Waals surface area contributed by atoms with E-state index in [1.54, 1.807) is 0 Å². The van der Waals surface area contributed by atoms with Gasteiger partial charge in [0.05, 0.1) is 5.02 Å². The molecule has 0 saturated carbocycles. The summed E-state index contributed by atoms with van der Waals surface area (Å²) in [6.45, 7) is 8.20. The van der Waals surface area contributed by atoms with Gasteiger partial charge in [0, 0.05) is 4.47 Å². The van der Waals surface area contributed by atoms with Crippen molar-refractivity contribution in [2.45, 2.75) is 33.1 Å². The molecule has 0 bridgehead atoms.